The number of aromatic nitrogens is 4. The van der Waals surface area contributed by atoms with Crippen LogP contribution < -0.4 is 27.0 Å². The summed E-state index contributed by atoms with van der Waals surface area (Å²) in [7, 11) is 0. The van der Waals surface area contributed by atoms with Gasteiger partial charge in [-0.15, -0.1) is 0 Å². The van der Waals surface area contributed by atoms with Crippen LogP contribution in [0.4, 0.5) is 38.2 Å². The van der Waals surface area contributed by atoms with Gasteiger partial charge in [0.15, 0.2) is 0 Å². The molecule has 80 heavy (non-hydrogen) atoms. The van der Waals surface area contributed by atoms with E-state index in [4.69, 9.17) is 62.6 Å². The lowest BCUT2D eigenvalue weighted by atomic mass is 9.98. The molecule has 4 rings (SSSR count). The fourth-order valence-corrected chi connectivity index (χ4v) is 7.08. The van der Waals surface area contributed by atoms with E-state index >= 15 is 0 Å². The van der Waals surface area contributed by atoms with Crippen molar-refractivity contribution in [2.75, 3.05) is 169 Å². The molecule has 27 nitrogen and oxygen atoms in total. The van der Waals surface area contributed by atoms with Crippen molar-refractivity contribution in [2.24, 2.45) is 5.73 Å². The number of carbonyl (C=O) groups excluding carboxylic acids is 2. The largest absolute Gasteiger partial charge is 0.433 e. The molecule has 0 spiro atoms. The highest BCUT2D eigenvalue weighted by molar-refractivity contribution is 5.76. The number of anilines is 2. The minimum Gasteiger partial charge on any atom is -0.388 e. The third kappa shape index (κ3) is 28.1. The van der Waals surface area contributed by atoms with Crippen molar-refractivity contribution in [3.05, 3.63) is 35.9 Å². The second-order valence-electron chi connectivity index (χ2n) is 17.7. The van der Waals surface area contributed by atoms with Crippen LogP contribution in [0, 0.1) is 0 Å². The highest BCUT2D eigenvalue weighted by Gasteiger charge is 2.41. The highest BCUT2D eigenvalue weighted by Crippen LogP contribution is 2.29. The standard InChI is InChI=1S/C47H75F6N9O18/c48-46(49,50)36-1-5-57-44(61-36)59-32-27-79-34(42(67)40(32)65)29-77-23-21-73-19-17-71-15-13-69-11-7-55-38(63)3-9-75-25-31(54)26-76-10-4-39(64)56-8-12-70-14-16-72-18-20-74-22-24-78-30-35-43(68)41(66)33(28-80-35)60-45-58-6-2-37(62-45)47(51,52)53/h1-2,5-6,31-35,40-43,65-68H,3-4,7-30,54H2,(H,55,63)(H,56,64)(H,57,59,61)(H,58,60,62)/t32-,33-,34+,35+,40+,41+,42-,43-/m0/s1. The molecule has 0 bridgehead atoms. The Morgan fingerprint density at radius 1 is 0.525 bits per heavy atom. The first kappa shape index (κ1) is 68.1. The minimum atomic E-state index is -4.67. The van der Waals surface area contributed by atoms with E-state index in [9.17, 15) is 56.4 Å². The molecule has 2 aromatic rings. The van der Waals surface area contributed by atoms with Gasteiger partial charge >= 0.3 is 12.4 Å². The molecule has 2 aliphatic heterocycles. The number of alkyl halides is 6. The average Bonchev–Trinajstić information content (AvgIpc) is 3.42. The molecule has 8 atom stereocenters. The SMILES string of the molecule is NC(COCCC(=O)NCCOCCOCCOCCOC[C@H]1OC[C@H](Nc2nccc(C(F)(F)F)n2)[C@@H](O)[C@H]1O)COCCC(=O)NCCOCCOCCOCCOC[C@H]1OC[C@H](Nc2nccc(C(F)(F)F)n2)[C@@H](O)[C@H]1O. The maximum atomic E-state index is 12.9. The van der Waals surface area contributed by atoms with E-state index in [0.717, 1.165) is 12.4 Å². The van der Waals surface area contributed by atoms with E-state index in [2.05, 4.69) is 41.2 Å². The Kier molecular flexibility index (Phi) is 32.7. The van der Waals surface area contributed by atoms with Gasteiger partial charge in [0, 0.05) is 38.3 Å². The zero-order valence-corrected chi connectivity index (χ0v) is 44.0. The van der Waals surface area contributed by atoms with Gasteiger partial charge in [-0.25, -0.2) is 19.9 Å². The molecule has 2 saturated heterocycles. The molecule has 0 radical (unpaired) electrons. The van der Waals surface area contributed by atoms with Crippen LogP contribution in [-0.4, -0.2) is 265 Å². The average molecular weight is 1170 g/mol. The van der Waals surface area contributed by atoms with Crippen molar-refractivity contribution < 1.29 is 113 Å². The number of nitrogens with two attached hydrogens (primary N) is 1. The molecule has 458 valence electrons. The van der Waals surface area contributed by atoms with Crippen LogP contribution >= 0.6 is 0 Å². The zero-order valence-electron chi connectivity index (χ0n) is 44.0. The number of hydrogen-bond donors (Lipinski definition) is 9. The number of rotatable bonds is 42. The van der Waals surface area contributed by atoms with Crippen LogP contribution in [-0.2, 0) is 78.8 Å². The molecule has 33 heteroatoms. The quantitative estimate of drug-likeness (QED) is 0.0265. The second kappa shape index (κ2) is 38.4. The number of carbonyl (C=O) groups is 2. The van der Waals surface area contributed by atoms with E-state index in [0.29, 0.717) is 64.9 Å². The Morgan fingerprint density at radius 2 is 0.863 bits per heavy atom. The summed E-state index contributed by atoms with van der Waals surface area (Å²) in [5.74, 6) is -1.17. The third-order valence-electron chi connectivity index (χ3n) is 11.3. The molecule has 10 N–H and O–H groups in total. The third-order valence-corrected chi connectivity index (χ3v) is 11.3. The van der Waals surface area contributed by atoms with Gasteiger partial charge in [0.1, 0.15) is 48.0 Å². The summed E-state index contributed by atoms with van der Waals surface area (Å²) in [6.45, 7) is 4.48. The summed E-state index contributed by atoms with van der Waals surface area (Å²) in [4.78, 5) is 38.4. The minimum absolute atomic E-state index is 0.0604. The van der Waals surface area contributed by atoms with Crippen LogP contribution in [0.3, 0.4) is 0 Å². The molecule has 0 aromatic carbocycles. The maximum absolute atomic E-state index is 12.9. The lowest BCUT2D eigenvalue weighted by molar-refractivity contribution is -0.161. The predicted octanol–water partition coefficient (Wildman–Crippen LogP) is -1.69. The summed E-state index contributed by atoms with van der Waals surface area (Å²) in [5.41, 5.74) is 3.69. The van der Waals surface area contributed by atoms with E-state index in [1.165, 1.54) is 0 Å². The van der Waals surface area contributed by atoms with Gasteiger partial charge in [0.25, 0.3) is 0 Å². The number of nitrogens with one attached hydrogen (secondary N) is 4. The Bertz CT molecular complexity index is 1870. The molecule has 4 heterocycles. The summed E-state index contributed by atoms with van der Waals surface area (Å²) in [6.07, 6.45) is -14.5. The molecule has 0 saturated carbocycles. The number of nitrogens with zero attached hydrogens (tertiary/aromatic N) is 4. The molecule has 0 aliphatic carbocycles. The fourth-order valence-electron chi connectivity index (χ4n) is 7.08. The topological polar surface area (TPSA) is 352 Å². The summed E-state index contributed by atoms with van der Waals surface area (Å²) >= 11 is 0. The van der Waals surface area contributed by atoms with Crippen molar-refractivity contribution in [3.63, 3.8) is 0 Å². The van der Waals surface area contributed by atoms with Gasteiger partial charge in [0.2, 0.25) is 23.7 Å². The lowest BCUT2D eigenvalue weighted by Gasteiger charge is -2.37. The van der Waals surface area contributed by atoms with Crippen LogP contribution in [0.1, 0.15) is 24.2 Å². The number of ether oxygens (including phenoxy) is 12. The number of aliphatic hydroxyl groups excluding tert-OH is 4. The van der Waals surface area contributed by atoms with Crippen molar-refractivity contribution in [3.8, 4) is 0 Å². The van der Waals surface area contributed by atoms with Crippen LogP contribution in [0.5, 0.6) is 0 Å². The van der Waals surface area contributed by atoms with E-state index in [1.54, 1.807) is 0 Å². The molecular formula is C47H75F6N9O18. The Hall–Kier alpha value is -4.40. The van der Waals surface area contributed by atoms with Crippen LogP contribution in [0.15, 0.2) is 24.5 Å². The van der Waals surface area contributed by atoms with Gasteiger partial charge in [-0.2, -0.15) is 26.3 Å². The summed E-state index contributed by atoms with van der Waals surface area (Å²) in [6, 6.07) is -0.932. The monoisotopic (exact) mass is 1170 g/mol. The van der Waals surface area contributed by atoms with Crippen molar-refractivity contribution in [1.82, 2.24) is 30.6 Å². The number of amides is 2. The Morgan fingerprint density at radius 3 is 1.21 bits per heavy atom. The summed E-state index contributed by atoms with van der Waals surface area (Å²) in [5, 5.41) is 52.4. The van der Waals surface area contributed by atoms with Crippen LogP contribution in [0.2, 0.25) is 0 Å². The van der Waals surface area contributed by atoms with Crippen LogP contribution in [0.25, 0.3) is 0 Å². The number of hydrogen-bond acceptors (Lipinski definition) is 25. The second-order valence-corrected chi connectivity index (χ2v) is 17.7. The highest BCUT2D eigenvalue weighted by atomic mass is 19.4. The first-order valence-electron chi connectivity index (χ1n) is 25.8. The van der Waals surface area contributed by atoms with Gasteiger partial charge in [-0.1, -0.05) is 0 Å². The normalized spacial score (nSPS) is 21.6. The van der Waals surface area contributed by atoms with Crippen molar-refractivity contribution in [2.45, 2.75) is 79.9 Å². The molecule has 0 unspecified atom stereocenters. The van der Waals surface area contributed by atoms with Crippen molar-refractivity contribution >= 4 is 23.7 Å². The Balaban J connectivity index is 0.819. The zero-order chi connectivity index (χ0) is 58.0. The van der Waals surface area contributed by atoms with Gasteiger partial charge in [-0.05, 0) is 12.1 Å². The molecular weight excluding hydrogens is 1090 g/mol. The van der Waals surface area contributed by atoms with Gasteiger partial charge < -0.3 is 104 Å². The van der Waals surface area contributed by atoms with E-state index in [-0.39, 0.29) is 142 Å². The first-order valence-corrected chi connectivity index (χ1v) is 25.8. The number of aliphatic hydroxyl groups is 4. The van der Waals surface area contributed by atoms with Gasteiger partial charge in [-0.3, -0.25) is 9.59 Å². The Labute approximate surface area is 457 Å². The summed E-state index contributed by atoms with van der Waals surface area (Å²) < 4.78 is 143. The fraction of sp³-hybridized carbons (Fsp3) is 0.787. The predicted molar refractivity (Wildman–Crippen MR) is 264 cm³/mol. The lowest BCUT2D eigenvalue weighted by Crippen LogP contribution is -2.57. The van der Waals surface area contributed by atoms with Gasteiger partial charge in [0.05, 0.1) is 163 Å². The smallest absolute Gasteiger partial charge is 0.388 e. The van der Waals surface area contributed by atoms with E-state index in [1.807, 2.05) is 0 Å². The molecule has 2 fully saturated rings. The molecule has 2 aromatic heterocycles. The van der Waals surface area contributed by atoms with E-state index < -0.39 is 78.5 Å². The molecule has 2 aliphatic rings. The maximum Gasteiger partial charge on any atom is 0.433 e. The number of halogens is 6. The van der Waals surface area contributed by atoms with Crippen molar-refractivity contribution in [1.29, 1.82) is 0 Å². The first-order chi connectivity index (χ1) is 38.4. The molecule has 2 amide bonds.